The molecule has 1 rings (SSSR count). The maximum atomic E-state index is 9.52. The molecule has 0 aromatic carbocycles. The first-order chi connectivity index (χ1) is 7.16. The molecule has 1 N–H and O–H groups in total. The quantitative estimate of drug-likeness (QED) is 0.533. The molecule has 1 aliphatic rings. The molecule has 4 nitrogen and oxygen atoms in total. The van der Waals surface area contributed by atoms with Gasteiger partial charge in [0.2, 0.25) is 0 Å². The van der Waals surface area contributed by atoms with Crippen LogP contribution in [0.15, 0.2) is 0 Å². The van der Waals surface area contributed by atoms with Gasteiger partial charge in [-0.15, -0.1) is 0 Å². The van der Waals surface area contributed by atoms with Crippen molar-refractivity contribution in [2.75, 3.05) is 20.5 Å². The SMILES string of the molecule is COCOCC[C@@]1(C#N)CC[C@H]1[C@H](C)O. The molecular weight excluding hydrogens is 194 g/mol. The average molecular weight is 213 g/mol. The summed E-state index contributed by atoms with van der Waals surface area (Å²) in [6, 6.07) is 2.34. The van der Waals surface area contributed by atoms with Crippen LogP contribution in [0.5, 0.6) is 0 Å². The van der Waals surface area contributed by atoms with E-state index in [0.717, 1.165) is 12.8 Å². The van der Waals surface area contributed by atoms with Gasteiger partial charge in [0, 0.05) is 13.0 Å². The van der Waals surface area contributed by atoms with Gasteiger partial charge in [0.15, 0.2) is 0 Å². The summed E-state index contributed by atoms with van der Waals surface area (Å²) in [6.07, 6.45) is 2.09. The van der Waals surface area contributed by atoms with E-state index in [9.17, 15) is 5.11 Å². The second-order valence-electron chi connectivity index (χ2n) is 4.22. The lowest BCUT2D eigenvalue weighted by Gasteiger charge is -2.46. The van der Waals surface area contributed by atoms with E-state index in [1.165, 1.54) is 0 Å². The summed E-state index contributed by atoms with van der Waals surface area (Å²) in [7, 11) is 1.57. The Bertz CT molecular complexity index is 236. The lowest BCUT2D eigenvalue weighted by Crippen LogP contribution is -2.45. The number of methoxy groups -OCH3 is 1. The van der Waals surface area contributed by atoms with E-state index in [-0.39, 0.29) is 18.1 Å². The third-order valence-corrected chi connectivity index (χ3v) is 3.31. The van der Waals surface area contributed by atoms with Crippen LogP contribution in [-0.4, -0.2) is 31.7 Å². The maximum Gasteiger partial charge on any atom is 0.146 e. The molecule has 0 aromatic rings. The van der Waals surface area contributed by atoms with Crippen molar-refractivity contribution in [3.63, 3.8) is 0 Å². The van der Waals surface area contributed by atoms with Crippen LogP contribution in [0.25, 0.3) is 0 Å². The number of hydrogen-bond donors (Lipinski definition) is 1. The molecule has 1 aliphatic carbocycles. The minimum atomic E-state index is -0.402. The van der Waals surface area contributed by atoms with Crippen molar-refractivity contribution in [3.8, 4) is 6.07 Å². The van der Waals surface area contributed by atoms with Gasteiger partial charge in [0.25, 0.3) is 0 Å². The van der Waals surface area contributed by atoms with Gasteiger partial charge in [-0.2, -0.15) is 5.26 Å². The second kappa shape index (κ2) is 5.45. The Balaban J connectivity index is 2.38. The molecule has 1 fully saturated rings. The molecule has 15 heavy (non-hydrogen) atoms. The first-order valence-electron chi connectivity index (χ1n) is 5.32. The van der Waals surface area contributed by atoms with E-state index in [1.54, 1.807) is 14.0 Å². The fourth-order valence-electron chi connectivity index (χ4n) is 2.26. The number of nitriles is 1. The molecule has 3 atom stereocenters. The van der Waals surface area contributed by atoms with Crippen LogP contribution >= 0.6 is 0 Å². The van der Waals surface area contributed by atoms with Crippen LogP contribution in [-0.2, 0) is 9.47 Å². The van der Waals surface area contributed by atoms with Gasteiger partial charge < -0.3 is 14.6 Å². The minimum Gasteiger partial charge on any atom is -0.393 e. The van der Waals surface area contributed by atoms with Crippen molar-refractivity contribution in [1.82, 2.24) is 0 Å². The first-order valence-corrected chi connectivity index (χ1v) is 5.32. The van der Waals surface area contributed by atoms with E-state index in [4.69, 9.17) is 14.7 Å². The van der Waals surface area contributed by atoms with Crippen molar-refractivity contribution in [2.45, 2.75) is 32.3 Å². The summed E-state index contributed by atoms with van der Waals surface area (Å²) in [5.41, 5.74) is -0.373. The fourth-order valence-corrected chi connectivity index (χ4v) is 2.26. The average Bonchev–Trinajstić information content (AvgIpc) is 2.16. The van der Waals surface area contributed by atoms with Gasteiger partial charge in [-0.25, -0.2) is 0 Å². The van der Waals surface area contributed by atoms with Crippen molar-refractivity contribution in [1.29, 1.82) is 5.26 Å². The van der Waals surface area contributed by atoms with Crippen LogP contribution in [0, 0.1) is 22.7 Å². The standard InChI is InChI=1S/C11H19NO3/c1-9(13)10-3-4-11(10,7-12)5-6-15-8-14-2/h9-10,13H,3-6,8H2,1-2H3/t9-,10-,11+/m0/s1. The molecule has 0 saturated heterocycles. The van der Waals surface area contributed by atoms with Gasteiger partial charge in [-0.05, 0) is 26.2 Å². The van der Waals surface area contributed by atoms with Gasteiger partial charge >= 0.3 is 0 Å². The van der Waals surface area contributed by atoms with E-state index in [1.807, 2.05) is 0 Å². The van der Waals surface area contributed by atoms with Gasteiger partial charge in [-0.1, -0.05) is 0 Å². The molecular formula is C11H19NO3. The molecule has 0 amide bonds. The van der Waals surface area contributed by atoms with E-state index < -0.39 is 6.10 Å². The second-order valence-corrected chi connectivity index (χ2v) is 4.22. The molecule has 0 unspecified atom stereocenters. The highest BCUT2D eigenvalue weighted by Gasteiger charge is 2.48. The molecule has 4 heteroatoms. The Labute approximate surface area is 90.8 Å². The Morgan fingerprint density at radius 2 is 2.40 bits per heavy atom. The number of aliphatic hydroxyl groups is 1. The number of aliphatic hydroxyl groups excluding tert-OH is 1. The van der Waals surface area contributed by atoms with Crippen LogP contribution in [0.3, 0.4) is 0 Å². The zero-order chi connectivity index (χ0) is 11.3. The monoisotopic (exact) mass is 213 g/mol. The number of rotatable bonds is 6. The molecule has 0 heterocycles. The van der Waals surface area contributed by atoms with Crippen molar-refractivity contribution < 1.29 is 14.6 Å². The largest absolute Gasteiger partial charge is 0.393 e. The lowest BCUT2D eigenvalue weighted by atomic mass is 9.57. The predicted octanol–water partition coefficient (Wildman–Crippen LogP) is 1.30. The maximum absolute atomic E-state index is 9.52. The normalized spacial score (nSPS) is 31.7. The molecule has 0 bridgehead atoms. The Morgan fingerprint density at radius 1 is 1.67 bits per heavy atom. The van der Waals surface area contributed by atoms with Gasteiger partial charge in [0.05, 0.1) is 24.2 Å². The van der Waals surface area contributed by atoms with E-state index in [2.05, 4.69) is 6.07 Å². The van der Waals surface area contributed by atoms with Crippen LogP contribution in [0.1, 0.15) is 26.2 Å². The highest BCUT2D eigenvalue weighted by Crippen LogP contribution is 2.50. The molecule has 0 spiro atoms. The summed E-state index contributed by atoms with van der Waals surface area (Å²) in [6.45, 7) is 2.54. The first kappa shape index (κ1) is 12.4. The van der Waals surface area contributed by atoms with Crippen molar-refractivity contribution in [2.24, 2.45) is 11.3 Å². The predicted molar refractivity (Wildman–Crippen MR) is 54.9 cm³/mol. The summed E-state index contributed by atoms with van der Waals surface area (Å²) in [4.78, 5) is 0. The molecule has 0 aromatic heterocycles. The number of hydrogen-bond acceptors (Lipinski definition) is 4. The summed E-state index contributed by atoms with van der Waals surface area (Å²) in [5, 5.41) is 18.7. The zero-order valence-electron chi connectivity index (χ0n) is 9.40. The van der Waals surface area contributed by atoms with Crippen LogP contribution in [0.4, 0.5) is 0 Å². The Hall–Kier alpha value is -0.630. The topological polar surface area (TPSA) is 62.5 Å². The highest BCUT2D eigenvalue weighted by molar-refractivity contribution is 5.10. The summed E-state index contributed by atoms with van der Waals surface area (Å²) < 4.78 is 9.95. The van der Waals surface area contributed by atoms with E-state index >= 15 is 0 Å². The summed E-state index contributed by atoms with van der Waals surface area (Å²) in [5.74, 6) is 0.105. The number of nitrogens with zero attached hydrogens (tertiary/aromatic N) is 1. The van der Waals surface area contributed by atoms with Crippen LogP contribution < -0.4 is 0 Å². The van der Waals surface area contributed by atoms with Crippen LogP contribution in [0.2, 0.25) is 0 Å². The number of ether oxygens (including phenoxy) is 2. The van der Waals surface area contributed by atoms with Crippen molar-refractivity contribution in [3.05, 3.63) is 0 Å². The zero-order valence-corrected chi connectivity index (χ0v) is 9.40. The third kappa shape index (κ3) is 2.69. The highest BCUT2D eigenvalue weighted by atomic mass is 16.7. The molecule has 0 radical (unpaired) electrons. The fraction of sp³-hybridized carbons (Fsp3) is 0.909. The lowest BCUT2D eigenvalue weighted by molar-refractivity contribution is -0.0682. The smallest absolute Gasteiger partial charge is 0.146 e. The molecule has 0 aliphatic heterocycles. The minimum absolute atomic E-state index is 0.105. The van der Waals surface area contributed by atoms with Gasteiger partial charge in [0.1, 0.15) is 6.79 Å². The van der Waals surface area contributed by atoms with Gasteiger partial charge in [-0.3, -0.25) is 0 Å². The molecule has 1 saturated carbocycles. The third-order valence-electron chi connectivity index (χ3n) is 3.31. The Morgan fingerprint density at radius 3 is 2.80 bits per heavy atom. The Kier molecular flexibility index (Phi) is 4.52. The molecule has 86 valence electrons. The van der Waals surface area contributed by atoms with Crippen molar-refractivity contribution >= 4 is 0 Å². The summed E-state index contributed by atoms with van der Waals surface area (Å²) >= 11 is 0. The van der Waals surface area contributed by atoms with E-state index in [0.29, 0.717) is 13.0 Å².